The summed E-state index contributed by atoms with van der Waals surface area (Å²) < 4.78 is 21.5. The Balaban J connectivity index is 1.54. The molecule has 1 unspecified atom stereocenters. The van der Waals surface area contributed by atoms with Crippen LogP contribution in [0.1, 0.15) is 26.3 Å². The summed E-state index contributed by atoms with van der Waals surface area (Å²) in [6.45, 7) is 0. The van der Waals surface area contributed by atoms with Gasteiger partial charge in [0.2, 0.25) is 5.78 Å². The number of nitrogens with one attached hydrogen (secondary N) is 1. The van der Waals surface area contributed by atoms with Crippen molar-refractivity contribution in [3.8, 4) is 23.0 Å². The monoisotopic (exact) mass is 449 g/mol. The molecule has 0 spiro atoms. The van der Waals surface area contributed by atoms with Gasteiger partial charge < -0.3 is 24.2 Å². The number of allylic oxidation sites excluding steroid dienone is 1. The molecule has 1 atom stereocenters. The molecule has 168 valence electrons. The highest BCUT2D eigenvalue weighted by molar-refractivity contribution is 6.14. The van der Waals surface area contributed by atoms with Crippen molar-refractivity contribution in [1.82, 2.24) is 0 Å². The van der Waals surface area contributed by atoms with E-state index in [-0.39, 0.29) is 34.3 Å². The van der Waals surface area contributed by atoms with Gasteiger partial charge in [0.25, 0.3) is 0 Å². The van der Waals surface area contributed by atoms with Crippen molar-refractivity contribution in [1.29, 1.82) is 0 Å². The lowest BCUT2D eigenvalue weighted by molar-refractivity contribution is -0.991. The number of quaternary nitrogens is 1. The summed E-state index contributed by atoms with van der Waals surface area (Å²) in [6.07, 6.45) is 1.58. The van der Waals surface area contributed by atoms with Gasteiger partial charge in [-0.2, -0.15) is 5.23 Å². The number of hydrogen-bond donors (Lipinski definition) is 2. The average Bonchev–Trinajstić information content (AvgIpc) is 3.13. The number of ether oxygens (including phenoxy) is 4. The fourth-order valence-electron chi connectivity index (χ4n) is 3.27. The van der Waals surface area contributed by atoms with E-state index in [0.29, 0.717) is 22.6 Å². The average molecular weight is 449 g/mol. The van der Waals surface area contributed by atoms with Gasteiger partial charge in [0.15, 0.2) is 22.9 Å². The second kappa shape index (κ2) is 9.13. The van der Waals surface area contributed by atoms with Gasteiger partial charge in [0.05, 0.1) is 25.3 Å². The number of benzene rings is 3. The van der Waals surface area contributed by atoms with Gasteiger partial charge in [-0.3, -0.25) is 4.79 Å². The van der Waals surface area contributed by atoms with Crippen LogP contribution in [0.2, 0.25) is 0 Å². The highest BCUT2D eigenvalue weighted by atomic mass is 16.8. The Hall–Kier alpha value is -4.18. The summed E-state index contributed by atoms with van der Waals surface area (Å²) in [7, 11) is 3.05. The first-order chi connectivity index (χ1) is 15.9. The van der Waals surface area contributed by atoms with Crippen molar-refractivity contribution < 1.29 is 39.0 Å². The summed E-state index contributed by atoms with van der Waals surface area (Å²) in [6, 6.07) is 15.1. The number of rotatable bonds is 6. The predicted molar refractivity (Wildman–Crippen MR) is 116 cm³/mol. The van der Waals surface area contributed by atoms with Crippen molar-refractivity contribution in [2.45, 2.75) is 0 Å². The Morgan fingerprint density at radius 1 is 1.03 bits per heavy atom. The Kier molecular flexibility index (Phi) is 6.09. The van der Waals surface area contributed by atoms with E-state index in [2.05, 4.69) is 0 Å². The zero-order valence-corrected chi connectivity index (χ0v) is 17.7. The number of Topliss-reactive ketones (excluding diaryl/α,β-unsaturated/α-hetero) is 1. The lowest BCUT2D eigenvalue weighted by Crippen LogP contribution is -2.99. The van der Waals surface area contributed by atoms with Gasteiger partial charge in [-0.1, -0.05) is 12.1 Å². The number of esters is 1. The molecule has 0 amide bonds. The van der Waals surface area contributed by atoms with Crippen LogP contribution >= 0.6 is 0 Å². The minimum Gasteiger partial charge on any atom is -0.595 e. The van der Waals surface area contributed by atoms with Crippen LogP contribution in [0.5, 0.6) is 23.0 Å². The predicted octanol–water partition coefficient (Wildman–Crippen LogP) is 2.94. The third-order valence-electron chi connectivity index (χ3n) is 4.90. The number of fused-ring (bicyclic) bond motifs is 1. The number of methoxy groups -OCH3 is 2. The first-order valence-corrected chi connectivity index (χ1v) is 9.75. The van der Waals surface area contributed by atoms with Crippen LogP contribution in [-0.4, -0.2) is 31.2 Å². The van der Waals surface area contributed by atoms with Gasteiger partial charge in [0, 0.05) is 18.2 Å². The third-order valence-corrected chi connectivity index (χ3v) is 4.90. The van der Waals surface area contributed by atoms with Gasteiger partial charge in [-0.15, -0.1) is 0 Å². The molecule has 3 aromatic carbocycles. The maximum absolute atomic E-state index is 12.7. The van der Waals surface area contributed by atoms with Crippen LogP contribution in [0.15, 0.2) is 66.4 Å². The molecule has 0 fully saturated rings. The van der Waals surface area contributed by atoms with Gasteiger partial charge in [-0.05, 0) is 42.0 Å². The summed E-state index contributed by atoms with van der Waals surface area (Å²) in [5, 5.41) is 19.0. The Labute approximate surface area is 188 Å². The molecule has 0 saturated heterocycles. The van der Waals surface area contributed by atoms with Crippen LogP contribution in [0, 0.1) is 5.21 Å². The van der Waals surface area contributed by atoms with Crippen LogP contribution in [0.3, 0.4) is 0 Å². The smallest absolute Gasteiger partial charge is 0.343 e. The molecule has 0 aromatic heterocycles. The molecule has 4 rings (SSSR count). The molecule has 0 aliphatic carbocycles. The molecule has 1 aliphatic heterocycles. The Bertz CT molecular complexity index is 1270. The zero-order valence-electron chi connectivity index (χ0n) is 17.7. The molecule has 33 heavy (non-hydrogen) atoms. The van der Waals surface area contributed by atoms with E-state index in [1.54, 1.807) is 24.3 Å². The lowest BCUT2D eigenvalue weighted by Gasteiger charge is -2.12. The highest BCUT2D eigenvalue weighted by Gasteiger charge is 2.28. The molecule has 0 radical (unpaired) electrons. The fraction of sp³-hybridized carbons (Fsp3) is 0.0833. The normalized spacial score (nSPS) is 14.4. The molecule has 9 nitrogen and oxygen atoms in total. The van der Waals surface area contributed by atoms with Gasteiger partial charge in [-0.25, -0.2) is 10.0 Å². The van der Waals surface area contributed by atoms with E-state index in [1.165, 1.54) is 56.7 Å². The Morgan fingerprint density at radius 2 is 1.82 bits per heavy atom. The van der Waals surface area contributed by atoms with Crippen LogP contribution in [-0.2, 0) is 0 Å². The molecular weight excluding hydrogens is 430 g/mol. The SMILES string of the molecule is COc1ccc(C=C2Oc3cc(OC(=O)c4cccc([NH+]([O-])O)c4)ccc3C2=O)cc1OC. The van der Waals surface area contributed by atoms with E-state index in [1.807, 2.05) is 0 Å². The minimum atomic E-state index is -1.15. The van der Waals surface area contributed by atoms with E-state index < -0.39 is 11.2 Å². The maximum Gasteiger partial charge on any atom is 0.343 e. The molecular formula is C24H19NO8. The van der Waals surface area contributed by atoms with Crippen LogP contribution in [0.4, 0.5) is 5.69 Å². The largest absolute Gasteiger partial charge is 0.595 e. The molecule has 0 saturated carbocycles. The summed E-state index contributed by atoms with van der Waals surface area (Å²) in [5.74, 6) is 0.527. The highest BCUT2D eigenvalue weighted by Crippen LogP contribution is 2.36. The van der Waals surface area contributed by atoms with Crippen molar-refractivity contribution in [2.24, 2.45) is 0 Å². The first kappa shape index (κ1) is 22.0. The molecule has 2 N–H and O–H groups in total. The number of hydrogen-bond acceptors (Lipinski definition) is 8. The van der Waals surface area contributed by atoms with Gasteiger partial charge in [0.1, 0.15) is 11.5 Å². The summed E-state index contributed by atoms with van der Waals surface area (Å²) in [5.41, 5.74) is 1.06. The van der Waals surface area contributed by atoms with Crippen molar-refractivity contribution in [3.05, 3.63) is 88.3 Å². The number of carbonyl (C=O) groups excluding carboxylic acids is 2. The molecule has 9 heteroatoms. The van der Waals surface area contributed by atoms with Crippen LogP contribution < -0.4 is 24.2 Å². The summed E-state index contributed by atoms with van der Waals surface area (Å²) >= 11 is 0. The number of carbonyl (C=O) groups is 2. The number of ketones is 1. The van der Waals surface area contributed by atoms with Crippen molar-refractivity contribution in [2.75, 3.05) is 14.2 Å². The second-order valence-corrected chi connectivity index (χ2v) is 6.99. The first-order valence-electron chi connectivity index (χ1n) is 9.75. The second-order valence-electron chi connectivity index (χ2n) is 6.99. The molecule has 1 aliphatic rings. The van der Waals surface area contributed by atoms with Gasteiger partial charge >= 0.3 is 5.97 Å². The Morgan fingerprint density at radius 3 is 2.55 bits per heavy atom. The zero-order chi connectivity index (χ0) is 23.5. The summed E-state index contributed by atoms with van der Waals surface area (Å²) in [4.78, 5) is 25.1. The quantitative estimate of drug-likeness (QED) is 0.255. The van der Waals surface area contributed by atoms with E-state index in [0.717, 1.165) is 0 Å². The van der Waals surface area contributed by atoms with Crippen LogP contribution in [0.25, 0.3) is 6.08 Å². The van der Waals surface area contributed by atoms with E-state index >= 15 is 0 Å². The standard InChI is InChI=1S/C24H19NO8/c1-30-19-9-6-14(10-21(19)31-2)11-22-23(26)18-8-7-17(13-20(18)33-22)32-24(27)15-4-3-5-16(12-15)25(28)29/h3-13,25,28H,1-2H3. The van der Waals surface area contributed by atoms with Crippen molar-refractivity contribution >= 4 is 23.5 Å². The lowest BCUT2D eigenvalue weighted by atomic mass is 10.1. The molecule has 3 aromatic rings. The van der Waals surface area contributed by atoms with Crippen molar-refractivity contribution in [3.63, 3.8) is 0 Å². The molecule has 0 bridgehead atoms. The molecule has 1 heterocycles. The maximum atomic E-state index is 12.7. The topological polar surface area (TPSA) is 119 Å². The fourth-order valence-corrected chi connectivity index (χ4v) is 3.27. The minimum absolute atomic E-state index is 0.0303. The van der Waals surface area contributed by atoms with E-state index in [9.17, 15) is 14.8 Å². The third kappa shape index (κ3) is 4.55. The van der Waals surface area contributed by atoms with E-state index in [4.69, 9.17) is 24.2 Å².